The van der Waals surface area contributed by atoms with Crippen molar-refractivity contribution >= 4 is 41.0 Å². The molecule has 150 valence electrons. The number of nitrogens with one attached hydrogen (secondary N) is 2. The molecule has 3 aromatic heterocycles. The molecule has 0 aliphatic carbocycles. The van der Waals surface area contributed by atoms with Crippen LogP contribution < -0.4 is 15.5 Å². The summed E-state index contributed by atoms with van der Waals surface area (Å²) in [5, 5.41) is 16.3. The van der Waals surface area contributed by atoms with Gasteiger partial charge in [0.05, 0.1) is 12.1 Å². The summed E-state index contributed by atoms with van der Waals surface area (Å²) in [4.78, 5) is 27.9. The minimum Gasteiger partial charge on any atom is -0.389 e. The Morgan fingerprint density at radius 3 is 2.32 bits per heavy atom. The first-order valence-corrected chi connectivity index (χ1v) is 8.49. The molecule has 0 bridgehead atoms. The summed E-state index contributed by atoms with van der Waals surface area (Å²) in [6, 6.07) is 1.77. The highest BCUT2D eigenvalue weighted by molar-refractivity contribution is 5.93. The maximum Gasteiger partial charge on any atom is 0.227 e. The normalized spacial score (nSPS) is 11.0. The number of halogens is 1. The van der Waals surface area contributed by atoms with E-state index < -0.39 is 5.60 Å². The summed E-state index contributed by atoms with van der Waals surface area (Å²) in [5.74, 6) is 2.25. The predicted octanol–water partition coefficient (Wildman–Crippen LogP) is 1.49. The van der Waals surface area contributed by atoms with Crippen LogP contribution in [-0.4, -0.2) is 61.3 Å². The van der Waals surface area contributed by atoms with Crippen molar-refractivity contribution in [3.8, 4) is 0 Å². The van der Waals surface area contributed by atoms with E-state index >= 15 is 0 Å². The Morgan fingerprint density at radius 1 is 0.964 bits per heavy atom. The molecule has 3 heterocycles. The van der Waals surface area contributed by atoms with E-state index in [0.717, 1.165) is 0 Å². The molecule has 0 aliphatic heterocycles. The second-order valence-electron chi connectivity index (χ2n) is 6.87. The van der Waals surface area contributed by atoms with Crippen molar-refractivity contribution in [1.29, 1.82) is 0 Å². The van der Waals surface area contributed by atoms with Crippen molar-refractivity contribution in [2.24, 2.45) is 0 Å². The van der Waals surface area contributed by atoms with Gasteiger partial charge in [-0.15, -0.1) is 12.4 Å². The Hall–Kier alpha value is -2.85. The van der Waals surface area contributed by atoms with E-state index in [1.165, 1.54) is 6.33 Å². The molecule has 0 unspecified atom stereocenters. The number of hydrogen-bond donors (Lipinski definition) is 3. The third-order valence-corrected chi connectivity index (χ3v) is 3.59. The van der Waals surface area contributed by atoms with Gasteiger partial charge in [-0.05, 0) is 19.9 Å². The standard InChI is InChI=1S/C17H23N9O.ClH/c1-17(2,27)9-21-14-13-12(22-10-23-14)15(25-16(24-13)26(3)4)20-8-11-18-6-5-7-19-11;/h5-7,10,27H,8-9H2,1-4H3,(H,20,24,25)(H,21,22,23);1H. The molecule has 0 saturated carbocycles. The van der Waals surface area contributed by atoms with Crippen molar-refractivity contribution in [2.75, 3.05) is 36.2 Å². The van der Waals surface area contributed by atoms with Gasteiger partial charge < -0.3 is 20.6 Å². The second kappa shape index (κ2) is 8.89. The SMILES string of the molecule is CN(C)c1nc(NCc2ncccn2)c2ncnc(NCC(C)(C)O)c2n1.Cl. The molecule has 10 nitrogen and oxygen atoms in total. The lowest BCUT2D eigenvalue weighted by atomic mass is 10.1. The average molecular weight is 406 g/mol. The highest BCUT2D eigenvalue weighted by Crippen LogP contribution is 2.25. The van der Waals surface area contributed by atoms with Gasteiger partial charge in [0, 0.05) is 33.0 Å². The second-order valence-corrected chi connectivity index (χ2v) is 6.87. The molecule has 0 atom stereocenters. The van der Waals surface area contributed by atoms with Crippen LogP contribution in [0.25, 0.3) is 11.0 Å². The molecule has 3 aromatic rings. The first-order chi connectivity index (χ1) is 12.8. The lowest BCUT2D eigenvalue weighted by molar-refractivity contribution is 0.0944. The van der Waals surface area contributed by atoms with Crippen LogP contribution in [0.5, 0.6) is 0 Å². The molecule has 0 aromatic carbocycles. The molecule has 0 spiro atoms. The smallest absolute Gasteiger partial charge is 0.227 e. The van der Waals surface area contributed by atoms with Crippen molar-refractivity contribution in [2.45, 2.75) is 26.0 Å². The number of aromatic nitrogens is 6. The Bertz CT molecular complexity index is 916. The van der Waals surface area contributed by atoms with Crippen LogP contribution in [0.2, 0.25) is 0 Å². The summed E-state index contributed by atoms with van der Waals surface area (Å²) < 4.78 is 0. The molecule has 3 N–H and O–H groups in total. The number of hydrogen-bond acceptors (Lipinski definition) is 10. The molecule has 11 heteroatoms. The van der Waals surface area contributed by atoms with Crippen LogP contribution in [0.3, 0.4) is 0 Å². The topological polar surface area (TPSA) is 125 Å². The third-order valence-electron chi connectivity index (χ3n) is 3.59. The van der Waals surface area contributed by atoms with Crippen LogP contribution in [0, 0.1) is 0 Å². The summed E-state index contributed by atoms with van der Waals surface area (Å²) in [6.45, 7) is 4.16. The van der Waals surface area contributed by atoms with E-state index in [1.54, 1.807) is 37.2 Å². The number of nitrogens with zero attached hydrogens (tertiary/aromatic N) is 7. The molecule has 0 amide bonds. The monoisotopic (exact) mass is 405 g/mol. The Kier molecular flexibility index (Phi) is 6.81. The Morgan fingerprint density at radius 2 is 1.68 bits per heavy atom. The van der Waals surface area contributed by atoms with Gasteiger partial charge in [-0.25, -0.2) is 24.9 Å². The zero-order valence-electron chi connectivity index (χ0n) is 16.2. The fourth-order valence-electron chi connectivity index (χ4n) is 2.27. The van der Waals surface area contributed by atoms with Crippen LogP contribution in [0.1, 0.15) is 19.7 Å². The molecule has 3 rings (SSSR count). The van der Waals surface area contributed by atoms with E-state index in [0.29, 0.717) is 47.5 Å². The number of aliphatic hydroxyl groups is 1. The predicted molar refractivity (Wildman–Crippen MR) is 111 cm³/mol. The quantitative estimate of drug-likeness (QED) is 0.532. The highest BCUT2D eigenvalue weighted by Gasteiger charge is 2.17. The average Bonchev–Trinajstić information content (AvgIpc) is 2.64. The maximum absolute atomic E-state index is 9.99. The van der Waals surface area contributed by atoms with Gasteiger partial charge >= 0.3 is 0 Å². The minimum atomic E-state index is -0.888. The van der Waals surface area contributed by atoms with E-state index in [9.17, 15) is 5.11 Å². The van der Waals surface area contributed by atoms with Gasteiger partial charge in [0.2, 0.25) is 5.95 Å². The maximum atomic E-state index is 9.99. The summed E-state index contributed by atoms with van der Waals surface area (Å²) in [6.07, 6.45) is 4.82. The fraction of sp³-hybridized carbons (Fsp3) is 0.412. The lowest BCUT2D eigenvalue weighted by Crippen LogP contribution is -2.29. The lowest BCUT2D eigenvalue weighted by Gasteiger charge is -2.19. The van der Waals surface area contributed by atoms with Crippen LogP contribution in [0.4, 0.5) is 17.6 Å². The molecule has 0 saturated heterocycles. The van der Waals surface area contributed by atoms with Gasteiger partial charge in [0.1, 0.15) is 23.2 Å². The van der Waals surface area contributed by atoms with Crippen LogP contribution in [-0.2, 0) is 6.54 Å². The van der Waals surface area contributed by atoms with Crippen molar-refractivity contribution in [1.82, 2.24) is 29.9 Å². The van der Waals surface area contributed by atoms with Gasteiger partial charge in [-0.1, -0.05) is 0 Å². The van der Waals surface area contributed by atoms with Crippen molar-refractivity contribution in [3.05, 3.63) is 30.6 Å². The molecule has 0 radical (unpaired) electrons. The van der Waals surface area contributed by atoms with Gasteiger partial charge in [0.15, 0.2) is 11.6 Å². The van der Waals surface area contributed by atoms with Gasteiger partial charge in [-0.2, -0.15) is 4.98 Å². The summed E-state index contributed by atoms with van der Waals surface area (Å²) >= 11 is 0. The molecule has 0 fully saturated rings. The summed E-state index contributed by atoms with van der Waals surface area (Å²) in [5.41, 5.74) is 0.252. The first-order valence-electron chi connectivity index (χ1n) is 8.49. The molecule has 28 heavy (non-hydrogen) atoms. The van der Waals surface area contributed by atoms with Crippen molar-refractivity contribution in [3.63, 3.8) is 0 Å². The van der Waals surface area contributed by atoms with Gasteiger partial charge in [0.25, 0.3) is 0 Å². The Labute approximate surface area is 169 Å². The number of fused-ring (bicyclic) bond motifs is 1. The highest BCUT2D eigenvalue weighted by atomic mass is 35.5. The number of anilines is 3. The Balaban J connectivity index is 0.00000280. The zero-order valence-corrected chi connectivity index (χ0v) is 17.0. The zero-order chi connectivity index (χ0) is 19.4. The third kappa shape index (κ3) is 5.33. The van der Waals surface area contributed by atoms with E-state index in [2.05, 4.69) is 40.5 Å². The van der Waals surface area contributed by atoms with Crippen LogP contribution >= 0.6 is 12.4 Å². The van der Waals surface area contributed by atoms with E-state index in [4.69, 9.17) is 0 Å². The minimum absolute atomic E-state index is 0. The molecular formula is C17H24ClN9O. The first kappa shape index (κ1) is 21.5. The van der Waals surface area contributed by atoms with E-state index in [1.807, 2.05) is 14.1 Å². The van der Waals surface area contributed by atoms with Crippen LogP contribution in [0.15, 0.2) is 24.8 Å². The molecular weight excluding hydrogens is 382 g/mol. The fourth-order valence-corrected chi connectivity index (χ4v) is 2.27. The largest absolute Gasteiger partial charge is 0.389 e. The van der Waals surface area contributed by atoms with Crippen molar-refractivity contribution < 1.29 is 5.11 Å². The molecule has 0 aliphatic rings. The van der Waals surface area contributed by atoms with E-state index in [-0.39, 0.29) is 12.4 Å². The van der Waals surface area contributed by atoms with Gasteiger partial charge in [-0.3, -0.25) is 0 Å². The number of rotatable bonds is 7. The summed E-state index contributed by atoms with van der Waals surface area (Å²) in [7, 11) is 3.72.